The topological polar surface area (TPSA) is 73.8 Å². The van der Waals surface area contributed by atoms with Crippen molar-refractivity contribution in [3.05, 3.63) is 0 Å². The minimum Gasteiger partial charge on any atom is -0.341 e. The predicted octanol–water partition coefficient (Wildman–Crippen LogP) is -0.536. The highest BCUT2D eigenvalue weighted by Crippen LogP contribution is 2.43. The third-order valence-electron chi connectivity index (χ3n) is 4.12. The quantitative estimate of drug-likeness (QED) is 0.567. The van der Waals surface area contributed by atoms with Crippen LogP contribution in [0.25, 0.3) is 0 Å². The van der Waals surface area contributed by atoms with Crippen molar-refractivity contribution in [1.29, 1.82) is 0 Å². The Morgan fingerprint density at radius 1 is 1.11 bits per heavy atom. The van der Waals surface area contributed by atoms with Crippen molar-refractivity contribution < 1.29 is 9.59 Å². The summed E-state index contributed by atoms with van der Waals surface area (Å²) in [5.41, 5.74) is -0.826. The molecule has 2 N–H and O–H groups in total. The Balaban J connectivity index is 1.79. The van der Waals surface area contributed by atoms with E-state index in [-0.39, 0.29) is 11.8 Å². The molecule has 2 heterocycles. The van der Waals surface area contributed by atoms with Gasteiger partial charge >= 0.3 is 0 Å². The van der Waals surface area contributed by atoms with Gasteiger partial charge in [0.05, 0.1) is 0 Å². The summed E-state index contributed by atoms with van der Waals surface area (Å²) in [4.78, 5) is 30.3. The molecule has 1 saturated heterocycles. The van der Waals surface area contributed by atoms with Crippen LogP contribution in [0.4, 0.5) is 0 Å². The van der Waals surface area contributed by atoms with Crippen LogP contribution < -0.4 is 10.6 Å². The van der Waals surface area contributed by atoms with E-state index in [0.717, 1.165) is 39.0 Å². The Bertz CT molecular complexity index is 406. The first kappa shape index (κ1) is 11.6. The summed E-state index contributed by atoms with van der Waals surface area (Å²) in [6.45, 7) is 3.43. The van der Waals surface area contributed by atoms with Crippen LogP contribution in [0.15, 0.2) is 4.99 Å². The number of guanidine groups is 1. The van der Waals surface area contributed by atoms with E-state index in [4.69, 9.17) is 0 Å². The molecule has 6 heteroatoms. The van der Waals surface area contributed by atoms with Crippen LogP contribution in [-0.4, -0.2) is 48.9 Å². The van der Waals surface area contributed by atoms with Crippen molar-refractivity contribution in [2.75, 3.05) is 26.2 Å². The molecular formula is C12H18N4O2. The number of hydrogen-bond acceptors (Lipinski definition) is 4. The maximum absolute atomic E-state index is 12.1. The van der Waals surface area contributed by atoms with Gasteiger partial charge in [-0.1, -0.05) is 6.42 Å². The third kappa shape index (κ3) is 1.71. The molecule has 2 fully saturated rings. The van der Waals surface area contributed by atoms with Gasteiger partial charge in [0.2, 0.25) is 11.9 Å². The van der Waals surface area contributed by atoms with Gasteiger partial charge in [0.15, 0.2) is 0 Å². The summed E-state index contributed by atoms with van der Waals surface area (Å²) in [5.74, 6) is 0.0527. The van der Waals surface area contributed by atoms with E-state index in [1.165, 1.54) is 0 Å². The van der Waals surface area contributed by atoms with Gasteiger partial charge in [-0.25, -0.2) is 0 Å². The molecule has 6 nitrogen and oxygen atoms in total. The van der Waals surface area contributed by atoms with Gasteiger partial charge in [0.25, 0.3) is 5.91 Å². The smallest absolute Gasteiger partial charge is 0.264 e. The highest BCUT2D eigenvalue weighted by Gasteiger charge is 2.53. The minimum absolute atomic E-state index is 0.152. The molecule has 1 saturated carbocycles. The fraction of sp³-hybridized carbons (Fsp3) is 0.750. The average Bonchev–Trinajstić information content (AvgIpc) is 2.54. The Labute approximate surface area is 106 Å². The van der Waals surface area contributed by atoms with Gasteiger partial charge in [-0.15, -0.1) is 0 Å². The number of hydrogen-bond donors (Lipinski definition) is 2. The van der Waals surface area contributed by atoms with Crippen molar-refractivity contribution in [1.82, 2.24) is 15.5 Å². The van der Waals surface area contributed by atoms with Crippen LogP contribution in [0.2, 0.25) is 0 Å². The molecule has 3 aliphatic rings. The lowest BCUT2D eigenvalue weighted by molar-refractivity contribution is -0.147. The summed E-state index contributed by atoms with van der Waals surface area (Å²) in [7, 11) is 0. The lowest BCUT2D eigenvalue weighted by Crippen LogP contribution is -2.59. The summed E-state index contributed by atoms with van der Waals surface area (Å²) < 4.78 is 0. The maximum Gasteiger partial charge on any atom is 0.264 e. The van der Waals surface area contributed by atoms with Gasteiger partial charge in [-0.3, -0.25) is 14.9 Å². The van der Waals surface area contributed by atoms with Crippen LogP contribution in [0.3, 0.4) is 0 Å². The lowest BCUT2D eigenvalue weighted by Gasteiger charge is -2.40. The Kier molecular flexibility index (Phi) is 2.81. The molecule has 1 aliphatic carbocycles. The summed E-state index contributed by atoms with van der Waals surface area (Å²) in [6, 6.07) is 0. The molecule has 0 atom stereocenters. The van der Waals surface area contributed by atoms with E-state index in [1.807, 2.05) is 4.90 Å². The van der Waals surface area contributed by atoms with E-state index in [0.29, 0.717) is 18.8 Å². The molecule has 3 rings (SSSR count). The molecule has 0 aromatic carbocycles. The fourth-order valence-electron chi connectivity index (χ4n) is 2.73. The van der Waals surface area contributed by atoms with Crippen LogP contribution in [-0.2, 0) is 9.59 Å². The largest absolute Gasteiger partial charge is 0.341 e. The molecule has 98 valence electrons. The Morgan fingerprint density at radius 3 is 2.61 bits per heavy atom. The number of nitrogens with one attached hydrogen (secondary N) is 2. The van der Waals surface area contributed by atoms with Gasteiger partial charge < -0.3 is 10.2 Å². The lowest BCUT2D eigenvalue weighted by atomic mass is 9.67. The first-order valence-corrected chi connectivity index (χ1v) is 6.63. The molecule has 0 bridgehead atoms. The van der Waals surface area contributed by atoms with Gasteiger partial charge in [0, 0.05) is 19.6 Å². The van der Waals surface area contributed by atoms with E-state index < -0.39 is 5.41 Å². The van der Waals surface area contributed by atoms with Crippen molar-refractivity contribution >= 4 is 17.8 Å². The molecular weight excluding hydrogens is 232 g/mol. The molecule has 2 aliphatic heterocycles. The van der Waals surface area contributed by atoms with Crippen LogP contribution in [0.5, 0.6) is 0 Å². The third-order valence-corrected chi connectivity index (χ3v) is 4.12. The van der Waals surface area contributed by atoms with Crippen LogP contribution >= 0.6 is 0 Å². The van der Waals surface area contributed by atoms with Gasteiger partial charge in [-0.05, 0) is 25.8 Å². The Morgan fingerprint density at radius 2 is 1.94 bits per heavy atom. The van der Waals surface area contributed by atoms with E-state index >= 15 is 0 Å². The molecule has 0 aromatic rings. The summed E-state index contributed by atoms with van der Waals surface area (Å²) in [5, 5.41) is 6.11. The first-order valence-electron chi connectivity index (χ1n) is 6.63. The molecule has 18 heavy (non-hydrogen) atoms. The molecule has 2 amide bonds. The number of rotatable bonds is 0. The van der Waals surface area contributed by atoms with E-state index in [9.17, 15) is 9.59 Å². The summed E-state index contributed by atoms with van der Waals surface area (Å²) in [6.07, 6.45) is 3.23. The van der Waals surface area contributed by atoms with Crippen molar-refractivity contribution in [2.45, 2.75) is 25.7 Å². The monoisotopic (exact) mass is 250 g/mol. The number of carbonyl (C=O) groups is 2. The molecule has 0 unspecified atom stereocenters. The minimum atomic E-state index is -0.826. The maximum atomic E-state index is 12.1. The SMILES string of the molecule is O=C1N=C(N2CCCNCC2)NC(=O)C12CCC2. The first-order chi connectivity index (χ1) is 8.72. The zero-order valence-electron chi connectivity index (χ0n) is 10.4. The molecule has 1 spiro atoms. The predicted molar refractivity (Wildman–Crippen MR) is 65.9 cm³/mol. The average molecular weight is 250 g/mol. The van der Waals surface area contributed by atoms with Crippen LogP contribution in [0, 0.1) is 5.41 Å². The number of nitrogens with zero attached hydrogens (tertiary/aromatic N) is 2. The normalized spacial score (nSPS) is 27.3. The van der Waals surface area contributed by atoms with Gasteiger partial charge in [-0.2, -0.15) is 4.99 Å². The molecule has 0 radical (unpaired) electrons. The summed E-state index contributed by atoms with van der Waals surface area (Å²) >= 11 is 0. The van der Waals surface area contributed by atoms with Gasteiger partial charge in [0.1, 0.15) is 5.41 Å². The highest BCUT2D eigenvalue weighted by atomic mass is 16.2. The zero-order valence-corrected chi connectivity index (χ0v) is 10.4. The number of amides is 2. The molecule has 0 aromatic heterocycles. The van der Waals surface area contributed by atoms with Crippen LogP contribution in [0.1, 0.15) is 25.7 Å². The van der Waals surface area contributed by atoms with E-state index in [1.54, 1.807) is 0 Å². The van der Waals surface area contributed by atoms with Crippen molar-refractivity contribution in [2.24, 2.45) is 10.4 Å². The highest BCUT2D eigenvalue weighted by molar-refractivity contribution is 6.18. The zero-order chi connectivity index (χ0) is 12.6. The van der Waals surface area contributed by atoms with Crippen molar-refractivity contribution in [3.63, 3.8) is 0 Å². The second-order valence-electron chi connectivity index (χ2n) is 5.22. The van der Waals surface area contributed by atoms with E-state index in [2.05, 4.69) is 15.6 Å². The number of carbonyl (C=O) groups excluding carboxylic acids is 2. The second-order valence-corrected chi connectivity index (χ2v) is 5.22. The Hall–Kier alpha value is -1.43. The standard InChI is InChI=1S/C12H18N4O2/c17-9-12(3-1-4-12)10(18)15-11(14-9)16-7-2-5-13-6-8-16/h13H,1-8H2,(H,14,15,17,18). The second kappa shape index (κ2) is 4.35. The number of aliphatic imine (C=N–C) groups is 1. The van der Waals surface area contributed by atoms with Crippen molar-refractivity contribution in [3.8, 4) is 0 Å². The fourth-order valence-corrected chi connectivity index (χ4v) is 2.73.